The van der Waals surface area contributed by atoms with Crippen LogP contribution in [0.15, 0.2) is 60.9 Å². The van der Waals surface area contributed by atoms with E-state index in [0.29, 0.717) is 50.6 Å². The van der Waals surface area contributed by atoms with Crippen molar-refractivity contribution in [2.45, 2.75) is 19.4 Å². The van der Waals surface area contributed by atoms with Crippen LogP contribution < -0.4 is 10.6 Å². The number of methoxy groups -OCH3 is 1. The number of nitrogens with one attached hydrogen (secondary N) is 3. The number of hydrogen-bond acceptors (Lipinski definition) is 8. The van der Waals surface area contributed by atoms with Gasteiger partial charge in [-0.25, -0.2) is 9.78 Å². The van der Waals surface area contributed by atoms with Gasteiger partial charge in [0.2, 0.25) is 5.91 Å². The van der Waals surface area contributed by atoms with Crippen LogP contribution in [0.3, 0.4) is 0 Å². The minimum absolute atomic E-state index is 0.292. The molecule has 0 saturated carbocycles. The Balaban J connectivity index is 1.41. The zero-order chi connectivity index (χ0) is 30.5. The van der Waals surface area contributed by atoms with Crippen LogP contribution in [-0.2, 0) is 23.0 Å². The molecule has 13 nitrogen and oxygen atoms in total. The molecule has 3 heterocycles. The van der Waals surface area contributed by atoms with E-state index in [1.807, 2.05) is 20.0 Å². The molecule has 2 amide bonds. The maximum absolute atomic E-state index is 13.2. The number of aryl methyl sites for hydroxylation is 2. The van der Waals surface area contributed by atoms with Gasteiger partial charge in [0, 0.05) is 47.1 Å². The molecule has 15 heteroatoms. The molecule has 3 N–H and O–H groups in total. The van der Waals surface area contributed by atoms with E-state index in [1.54, 1.807) is 53.2 Å². The molecule has 0 aliphatic rings. The van der Waals surface area contributed by atoms with Crippen molar-refractivity contribution in [1.29, 1.82) is 0 Å². The normalized spacial score (nSPS) is 11.9. The van der Waals surface area contributed by atoms with Gasteiger partial charge in [-0.1, -0.05) is 35.3 Å². The predicted molar refractivity (Wildman–Crippen MR) is 161 cm³/mol. The minimum atomic E-state index is -0.601. The molecular formula is C28H26Cl2N10O3. The summed E-state index contributed by atoms with van der Waals surface area (Å²) in [5, 5.41) is 22.2. The number of benzene rings is 2. The first-order valence-corrected chi connectivity index (χ1v) is 13.7. The lowest BCUT2D eigenvalue weighted by Gasteiger charge is -2.15. The Morgan fingerprint density at radius 1 is 1.14 bits per heavy atom. The SMILES string of the molecule is COC(=O)Nc1ccc(-c2nc([C@H](Cc3cc(C)n(C)n3)NC(=O)C=Cc3cc(Cl)ccc3-n3cnnn3)[nH]c2Cl)cc1. The molecule has 220 valence electrons. The van der Waals surface area contributed by atoms with E-state index in [9.17, 15) is 9.59 Å². The van der Waals surface area contributed by atoms with Gasteiger partial charge in [0.25, 0.3) is 0 Å². The number of imidazole rings is 1. The number of aromatic amines is 1. The zero-order valence-electron chi connectivity index (χ0n) is 23.2. The summed E-state index contributed by atoms with van der Waals surface area (Å²) in [5.74, 6) is 0.0616. The fraction of sp³-hybridized carbons (Fsp3) is 0.179. The number of ether oxygens (including phenoxy) is 1. The van der Waals surface area contributed by atoms with Gasteiger partial charge < -0.3 is 15.0 Å². The maximum Gasteiger partial charge on any atom is 0.411 e. The smallest absolute Gasteiger partial charge is 0.411 e. The molecular weight excluding hydrogens is 595 g/mol. The summed E-state index contributed by atoms with van der Waals surface area (Å²) in [6.45, 7) is 1.95. The first kappa shape index (κ1) is 29.5. The van der Waals surface area contributed by atoms with Crippen LogP contribution in [0.4, 0.5) is 10.5 Å². The molecule has 0 bridgehead atoms. The third-order valence-corrected chi connectivity index (χ3v) is 7.00. The average molecular weight is 621 g/mol. The number of halogens is 2. The van der Waals surface area contributed by atoms with Crippen LogP contribution in [0.1, 0.15) is 28.8 Å². The third kappa shape index (κ3) is 7.08. The van der Waals surface area contributed by atoms with Crippen LogP contribution in [0.5, 0.6) is 0 Å². The summed E-state index contributed by atoms with van der Waals surface area (Å²) in [7, 11) is 3.14. The molecule has 43 heavy (non-hydrogen) atoms. The number of amides is 2. The van der Waals surface area contributed by atoms with E-state index < -0.39 is 12.1 Å². The molecule has 0 saturated heterocycles. The zero-order valence-corrected chi connectivity index (χ0v) is 24.8. The minimum Gasteiger partial charge on any atom is -0.453 e. The molecule has 0 unspecified atom stereocenters. The summed E-state index contributed by atoms with van der Waals surface area (Å²) >= 11 is 12.8. The van der Waals surface area contributed by atoms with Gasteiger partial charge in [-0.2, -0.15) is 9.78 Å². The number of nitrogens with zero attached hydrogens (tertiary/aromatic N) is 7. The first-order chi connectivity index (χ1) is 20.7. The summed E-state index contributed by atoms with van der Waals surface area (Å²) < 4.78 is 7.87. The van der Waals surface area contributed by atoms with E-state index in [0.717, 1.165) is 11.4 Å². The van der Waals surface area contributed by atoms with Gasteiger partial charge in [0.1, 0.15) is 23.0 Å². The molecule has 0 aliphatic carbocycles. The fourth-order valence-electron chi connectivity index (χ4n) is 4.29. The quantitative estimate of drug-likeness (QED) is 0.200. The van der Waals surface area contributed by atoms with Crippen LogP contribution in [0.2, 0.25) is 10.2 Å². The van der Waals surface area contributed by atoms with Crippen molar-refractivity contribution in [2.24, 2.45) is 7.05 Å². The van der Waals surface area contributed by atoms with Crippen molar-refractivity contribution in [3.63, 3.8) is 0 Å². The third-order valence-electron chi connectivity index (χ3n) is 6.49. The maximum atomic E-state index is 13.2. The van der Waals surface area contributed by atoms with E-state index in [2.05, 4.69) is 41.0 Å². The number of carbonyl (C=O) groups is 2. The number of aromatic nitrogens is 8. The molecule has 0 radical (unpaired) electrons. The van der Waals surface area contributed by atoms with E-state index in [1.165, 1.54) is 24.2 Å². The summed E-state index contributed by atoms with van der Waals surface area (Å²) in [6.07, 6.45) is 4.25. The van der Waals surface area contributed by atoms with Gasteiger partial charge in [0.15, 0.2) is 0 Å². The van der Waals surface area contributed by atoms with E-state index in [4.69, 9.17) is 28.2 Å². The number of tetrazole rings is 1. The Kier molecular flexibility index (Phi) is 8.83. The summed E-state index contributed by atoms with van der Waals surface area (Å²) in [6, 6.07) is 13.5. The molecule has 2 aromatic carbocycles. The Morgan fingerprint density at radius 3 is 2.60 bits per heavy atom. The monoisotopic (exact) mass is 620 g/mol. The fourth-order valence-corrected chi connectivity index (χ4v) is 4.72. The number of carbonyl (C=O) groups excluding carboxylic acids is 2. The van der Waals surface area contributed by atoms with Gasteiger partial charge in [0.05, 0.1) is 24.5 Å². The lowest BCUT2D eigenvalue weighted by molar-refractivity contribution is -0.117. The highest BCUT2D eigenvalue weighted by Crippen LogP contribution is 2.29. The number of rotatable bonds is 9. The van der Waals surface area contributed by atoms with Crippen molar-refractivity contribution >= 4 is 47.0 Å². The molecule has 5 rings (SSSR count). The molecule has 0 aliphatic heterocycles. The van der Waals surface area contributed by atoms with Crippen LogP contribution >= 0.6 is 23.2 Å². The van der Waals surface area contributed by atoms with Crippen molar-refractivity contribution in [2.75, 3.05) is 12.4 Å². The van der Waals surface area contributed by atoms with Crippen molar-refractivity contribution in [3.05, 3.63) is 93.9 Å². The predicted octanol–water partition coefficient (Wildman–Crippen LogP) is 4.69. The Labute approximate surface area is 255 Å². The Morgan fingerprint density at radius 2 is 1.93 bits per heavy atom. The van der Waals surface area contributed by atoms with Crippen LogP contribution in [0, 0.1) is 6.92 Å². The van der Waals surface area contributed by atoms with Gasteiger partial charge >= 0.3 is 6.09 Å². The topological polar surface area (TPSA) is 158 Å². The summed E-state index contributed by atoms with van der Waals surface area (Å²) in [4.78, 5) is 32.6. The first-order valence-electron chi connectivity index (χ1n) is 12.9. The number of H-pyrrole nitrogens is 1. The van der Waals surface area contributed by atoms with Crippen LogP contribution in [0.25, 0.3) is 23.0 Å². The van der Waals surface area contributed by atoms with Crippen molar-refractivity contribution < 1.29 is 14.3 Å². The lowest BCUT2D eigenvalue weighted by atomic mass is 10.1. The Bertz CT molecular complexity index is 1760. The Hall–Kier alpha value is -5.01. The van der Waals surface area contributed by atoms with Gasteiger partial charge in [-0.15, -0.1) is 5.10 Å². The second-order valence-electron chi connectivity index (χ2n) is 9.44. The number of hydrogen-bond donors (Lipinski definition) is 3. The van der Waals surface area contributed by atoms with Crippen molar-refractivity contribution in [3.8, 4) is 16.9 Å². The molecule has 0 fully saturated rings. The largest absolute Gasteiger partial charge is 0.453 e. The average Bonchev–Trinajstić information content (AvgIpc) is 3.73. The molecule has 0 spiro atoms. The molecule has 3 aromatic heterocycles. The van der Waals surface area contributed by atoms with Crippen LogP contribution in [-0.4, -0.2) is 59.1 Å². The lowest BCUT2D eigenvalue weighted by Crippen LogP contribution is -2.29. The van der Waals surface area contributed by atoms with E-state index >= 15 is 0 Å². The second kappa shape index (κ2) is 12.9. The number of anilines is 1. The molecule has 1 atom stereocenters. The van der Waals surface area contributed by atoms with Crippen molar-refractivity contribution in [1.82, 2.24) is 45.3 Å². The highest BCUT2D eigenvalue weighted by Gasteiger charge is 2.22. The highest BCUT2D eigenvalue weighted by atomic mass is 35.5. The molecule has 5 aromatic rings. The second-order valence-corrected chi connectivity index (χ2v) is 10.2. The van der Waals surface area contributed by atoms with Gasteiger partial charge in [-0.05, 0) is 59.8 Å². The van der Waals surface area contributed by atoms with Gasteiger partial charge in [-0.3, -0.25) is 14.8 Å². The van der Waals surface area contributed by atoms with E-state index in [-0.39, 0.29) is 5.91 Å². The standard InChI is InChI=1S/C28H26Cl2N10O3/c1-16-12-21(36-39(16)2)14-22(27-34-25(26(30)35-27)17-4-8-20(9-5-17)32-28(42)43-3)33-24(41)11-6-18-13-19(29)7-10-23(18)40-15-31-37-38-40/h4-13,15,22H,14H2,1-3H3,(H,32,42)(H,33,41)(H,34,35)/t22-/m0/s1. The highest BCUT2D eigenvalue weighted by molar-refractivity contribution is 6.32. The summed E-state index contributed by atoms with van der Waals surface area (Å²) in [5.41, 5.74) is 4.76.